The minimum atomic E-state index is -0.722. The molecule has 2 aromatic carbocycles. The van der Waals surface area contributed by atoms with Gasteiger partial charge in [-0.15, -0.1) is 0 Å². The predicted octanol–water partition coefficient (Wildman–Crippen LogP) is 3.91. The summed E-state index contributed by atoms with van der Waals surface area (Å²) >= 11 is 3.43. The molecule has 0 saturated carbocycles. The standard InChI is InChI=1S/C22H16BrFN4O3/c23-14-5-3-6-15(11-14)27-10-4-7-16(27)12-19-21(30)28(22(31)26-19)13-20(29)25-18-9-2-1-8-17(18)24/h1-12H,13H2,(H,25,29)(H,26,31)/b19-12-. The number of rotatable bonds is 5. The smallest absolute Gasteiger partial charge is 0.322 e. The molecule has 0 unspecified atom stereocenters. The van der Waals surface area contributed by atoms with Crippen LogP contribution >= 0.6 is 15.9 Å². The van der Waals surface area contributed by atoms with Gasteiger partial charge in [-0.3, -0.25) is 9.59 Å². The lowest BCUT2D eigenvalue weighted by molar-refractivity contribution is -0.127. The zero-order chi connectivity index (χ0) is 22.0. The van der Waals surface area contributed by atoms with Crippen LogP contribution in [0.3, 0.4) is 0 Å². The van der Waals surface area contributed by atoms with Crippen LogP contribution in [0.2, 0.25) is 0 Å². The van der Waals surface area contributed by atoms with E-state index in [0.717, 1.165) is 15.1 Å². The first-order chi connectivity index (χ1) is 14.9. The van der Waals surface area contributed by atoms with Crippen molar-refractivity contribution in [2.45, 2.75) is 0 Å². The number of urea groups is 1. The van der Waals surface area contributed by atoms with Crippen LogP contribution in [-0.2, 0) is 9.59 Å². The topological polar surface area (TPSA) is 83.4 Å². The van der Waals surface area contributed by atoms with E-state index in [1.807, 2.05) is 41.1 Å². The molecule has 0 atom stereocenters. The molecule has 0 radical (unpaired) electrons. The molecule has 1 saturated heterocycles. The molecule has 4 amide bonds. The number of hydrogen-bond acceptors (Lipinski definition) is 3. The molecule has 2 N–H and O–H groups in total. The van der Waals surface area contributed by atoms with Crippen LogP contribution in [0.25, 0.3) is 11.8 Å². The van der Waals surface area contributed by atoms with E-state index in [1.54, 1.807) is 12.1 Å². The van der Waals surface area contributed by atoms with Gasteiger partial charge in [0.05, 0.1) is 5.69 Å². The molecular weight excluding hydrogens is 467 g/mol. The van der Waals surface area contributed by atoms with Crippen molar-refractivity contribution in [1.82, 2.24) is 14.8 Å². The molecule has 4 rings (SSSR count). The van der Waals surface area contributed by atoms with E-state index in [0.29, 0.717) is 5.69 Å². The van der Waals surface area contributed by atoms with Gasteiger partial charge in [0.1, 0.15) is 18.1 Å². The Morgan fingerprint density at radius 3 is 2.68 bits per heavy atom. The minimum Gasteiger partial charge on any atom is -0.322 e. The van der Waals surface area contributed by atoms with E-state index in [1.165, 1.54) is 24.3 Å². The van der Waals surface area contributed by atoms with Gasteiger partial charge in [0.2, 0.25) is 5.91 Å². The molecule has 31 heavy (non-hydrogen) atoms. The van der Waals surface area contributed by atoms with E-state index < -0.39 is 30.2 Å². The van der Waals surface area contributed by atoms with Gasteiger partial charge in [-0.1, -0.05) is 34.1 Å². The fraction of sp³-hybridized carbons (Fsp3) is 0.0455. The Morgan fingerprint density at radius 2 is 1.90 bits per heavy atom. The van der Waals surface area contributed by atoms with E-state index in [9.17, 15) is 18.8 Å². The molecule has 156 valence electrons. The number of benzene rings is 2. The first-order valence-electron chi connectivity index (χ1n) is 9.24. The number of aromatic nitrogens is 1. The summed E-state index contributed by atoms with van der Waals surface area (Å²) in [6, 6.07) is 16.1. The number of carbonyl (C=O) groups is 3. The summed E-state index contributed by atoms with van der Waals surface area (Å²) in [4.78, 5) is 38.0. The third-order valence-electron chi connectivity index (χ3n) is 4.57. The first-order valence-corrected chi connectivity index (χ1v) is 10.0. The molecule has 7 nitrogen and oxygen atoms in total. The lowest BCUT2D eigenvalue weighted by Crippen LogP contribution is -2.38. The molecule has 0 bridgehead atoms. The van der Waals surface area contributed by atoms with Crippen LogP contribution in [0.15, 0.2) is 77.0 Å². The Kier molecular flexibility index (Phi) is 5.68. The summed E-state index contributed by atoms with van der Waals surface area (Å²) in [7, 11) is 0. The van der Waals surface area contributed by atoms with E-state index >= 15 is 0 Å². The first kappa shape index (κ1) is 20.5. The Bertz CT molecular complexity index is 1220. The largest absolute Gasteiger partial charge is 0.329 e. The number of hydrogen-bond donors (Lipinski definition) is 2. The Morgan fingerprint density at radius 1 is 1.10 bits per heavy atom. The van der Waals surface area contributed by atoms with Crippen molar-refractivity contribution in [3.63, 3.8) is 0 Å². The summed E-state index contributed by atoms with van der Waals surface area (Å²) in [6.45, 7) is -0.539. The van der Waals surface area contributed by atoms with E-state index in [2.05, 4.69) is 26.6 Å². The molecule has 2 heterocycles. The molecule has 3 aromatic rings. The summed E-state index contributed by atoms with van der Waals surface area (Å²) in [6.07, 6.45) is 3.37. The highest BCUT2D eigenvalue weighted by atomic mass is 79.9. The number of imide groups is 1. The van der Waals surface area contributed by atoms with Gasteiger partial charge >= 0.3 is 6.03 Å². The van der Waals surface area contributed by atoms with Crippen molar-refractivity contribution in [3.05, 3.63) is 88.5 Å². The van der Waals surface area contributed by atoms with Gasteiger partial charge in [-0.2, -0.15) is 0 Å². The summed E-state index contributed by atoms with van der Waals surface area (Å²) < 4.78 is 16.5. The van der Waals surface area contributed by atoms with Gasteiger partial charge in [0.15, 0.2) is 0 Å². The van der Waals surface area contributed by atoms with Crippen LogP contribution < -0.4 is 10.6 Å². The molecule has 1 aliphatic heterocycles. The highest BCUT2D eigenvalue weighted by Gasteiger charge is 2.35. The number of carbonyl (C=O) groups excluding carboxylic acids is 3. The second kappa shape index (κ2) is 8.57. The molecule has 1 aromatic heterocycles. The normalized spacial score (nSPS) is 14.8. The van der Waals surface area contributed by atoms with Crippen molar-refractivity contribution in [2.24, 2.45) is 0 Å². The Hall–Kier alpha value is -3.72. The Labute approximate surface area is 185 Å². The van der Waals surface area contributed by atoms with E-state index in [-0.39, 0.29) is 11.4 Å². The molecule has 9 heteroatoms. The van der Waals surface area contributed by atoms with Gasteiger partial charge < -0.3 is 15.2 Å². The third kappa shape index (κ3) is 4.41. The zero-order valence-corrected chi connectivity index (χ0v) is 17.6. The molecule has 1 aliphatic rings. The average molecular weight is 483 g/mol. The highest BCUT2D eigenvalue weighted by molar-refractivity contribution is 9.10. The summed E-state index contributed by atoms with van der Waals surface area (Å²) in [5.74, 6) is -1.94. The number of halogens is 2. The number of anilines is 1. The number of amides is 4. The maximum absolute atomic E-state index is 13.7. The third-order valence-corrected chi connectivity index (χ3v) is 5.06. The van der Waals surface area contributed by atoms with Crippen molar-refractivity contribution in [1.29, 1.82) is 0 Å². The zero-order valence-electron chi connectivity index (χ0n) is 16.0. The van der Waals surface area contributed by atoms with Crippen LogP contribution in [-0.4, -0.2) is 33.9 Å². The van der Waals surface area contributed by atoms with Crippen molar-refractivity contribution < 1.29 is 18.8 Å². The highest BCUT2D eigenvalue weighted by Crippen LogP contribution is 2.21. The van der Waals surface area contributed by atoms with Gasteiger partial charge in [-0.25, -0.2) is 14.1 Å². The van der Waals surface area contributed by atoms with Crippen LogP contribution in [0, 0.1) is 5.82 Å². The van der Waals surface area contributed by atoms with Crippen molar-refractivity contribution >= 4 is 45.5 Å². The fourth-order valence-corrected chi connectivity index (χ4v) is 3.52. The predicted molar refractivity (Wildman–Crippen MR) is 117 cm³/mol. The molecule has 0 aliphatic carbocycles. The second-order valence-electron chi connectivity index (χ2n) is 6.69. The van der Waals surface area contributed by atoms with Crippen LogP contribution in [0.1, 0.15) is 5.69 Å². The van der Waals surface area contributed by atoms with Crippen molar-refractivity contribution in [2.75, 3.05) is 11.9 Å². The summed E-state index contributed by atoms with van der Waals surface area (Å²) in [5, 5.41) is 4.84. The summed E-state index contributed by atoms with van der Waals surface area (Å²) in [5.41, 5.74) is 1.55. The number of nitrogens with zero attached hydrogens (tertiary/aromatic N) is 2. The maximum Gasteiger partial charge on any atom is 0.329 e. The molecular formula is C22H16BrFN4O3. The molecule has 1 fully saturated rings. The van der Waals surface area contributed by atoms with Gasteiger partial charge in [-0.05, 0) is 48.5 Å². The molecule has 0 spiro atoms. The second-order valence-corrected chi connectivity index (χ2v) is 7.61. The van der Waals surface area contributed by atoms with Crippen LogP contribution in [0.5, 0.6) is 0 Å². The lowest BCUT2D eigenvalue weighted by Gasteiger charge is -2.12. The SMILES string of the molecule is O=C(CN1C(=O)N/C(=C\c2cccn2-c2cccc(Br)c2)C1=O)Nc1ccccc1F. The van der Waals surface area contributed by atoms with Gasteiger partial charge in [0.25, 0.3) is 5.91 Å². The van der Waals surface area contributed by atoms with Crippen molar-refractivity contribution in [3.8, 4) is 5.69 Å². The minimum absolute atomic E-state index is 0.0258. The van der Waals surface area contributed by atoms with Gasteiger partial charge in [0, 0.05) is 22.1 Å². The maximum atomic E-state index is 13.7. The van der Waals surface area contributed by atoms with E-state index in [4.69, 9.17) is 0 Å². The lowest BCUT2D eigenvalue weighted by atomic mass is 10.2. The van der Waals surface area contributed by atoms with Crippen LogP contribution in [0.4, 0.5) is 14.9 Å². The Balaban J connectivity index is 1.51. The fourth-order valence-electron chi connectivity index (χ4n) is 3.13. The quantitative estimate of drug-likeness (QED) is 0.427. The average Bonchev–Trinajstić information content (AvgIpc) is 3.30. The number of nitrogens with one attached hydrogen (secondary N) is 2. The monoisotopic (exact) mass is 482 g/mol. The number of para-hydroxylation sites is 1.